The highest BCUT2D eigenvalue weighted by atomic mass is 16.6. The van der Waals surface area contributed by atoms with Crippen LogP contribution in [0.1, 0.15) is 38.1 Å². The van der Waals surface area contributed by atoms with Gasteiger partial charge >= 0.3 is 12.0 Å². The molecule has 2 aliphatic heterocycles. The van der Waals surface area contributed by atoms with Crippen LogP contribution in [0, 0.1) is 0 Å². The second-order valence-corrected chi connectivity index (χ2v) is 9.19. The quantitative estimate of drug-likeness (QED) is 0.548. The number of carbonyl (C=O) groups is 1. The Morgan fingerprint density at radius 1 is 1.03 bits per heavy atom. The van der Waals surface area contributed by atoms with Crippen molar-refractivity contribution in [2.75, 3.05) is 13.2 Å². The second-order valence-electron chi connectivity index (χ2n) is 9.19. The maximum atomic E-state index is 12.5. The first kappa shape index (κ1) is 22.0. The smallest absolute Gasteiger partial charge is 0.341 e. The van der Waals surface area contributed by atoms with Crippen LogP contribution in [-0.4, -0.2) is 73.3 Å². The molecule has 1 aromatic carbocycles. The lowest BCUT2D eigenvalue weighted by atomic mass is 9.96. The van der Waals surface area contributed by atoms with E-state index >= 15 is 0 Å². The molecule has 184 valence electrons. The van der Waals surface area contributed by atoms with E-state index in [1.165, 1.54) is 6.42 Å². The van der Waals surface area contributed by atoms with Crippen molar-refractivity contribution in [3.8, 4) is 17.4 Å². The molecule has 3 fully saturated rings. The molecule has 0 bridgehead atoms. The number of nitrogens with zero attached hydrogens (tertiary/aromatic N) is 6. The van der Waals surface area contributed by atoms with Crippen LogP contribution in [0.4, 0.5) is 4.79 Å². The predicted octanol–water partition coefficient (Wildman–Crippen LogP) is 1.99. The van der Waals surface area contributed by atoms with Crippen LogP contribution in [0.25, 0.3) is 5.69 Å². The number of nitrogens with one attached hydrogen (secondary N) is 2. The number of carbonyl (C=O) groups excluding carboxylic acids is 1. The Kier molecular flexibility index (Phi) is 6.05. The second kappa shape index (κ2) is 9.62. The van der Waals surface area contributed by atoms with Crippen LogP contribution >= 0.6 is 0 Å². The third kappa shape index (κ3) is 4.58. The van der Waals surface area contributed by atoms with E-state index in [9.17, 15) is 4.79 Å². The van der Waals surface area contributed by atoms with Gasteiger partial charge in [-0.15, -0.1) is 0 Å². The summed E-state index contributed by atoms with van der Waals surface area (Å²) in [6.45, 7) is 0.733. The number of hydrogen-bond donors (Lipinski definition) is 2. The minimum Gasteiger partial charge on any atom is -0.423 e. The maximum Gasteiger partial charge on any atom is 0.341 e. The van der Waals surface area contributed by atoms with Crippen molar-refractivity contribution in [1.29, 1.82) is 0 Å². The normalized spacial score (nSPS) is 26.4. The molecule has 12 nitrogen and oxygen atoms in total. The van der Waals surface area contributed by atoms with E-state index < -0.39 is 0 Å². The van der Waals surface area contributed by atoms with Crippen molar-refractivity contribution in [2.45, 2.75) is 62.4 Å². The molecule has 2 amide bonds. The lowest BCUT2D eigenvalue weighted by molar-refractivity contribution is 0.0613. The van der Waals surface area contributed by atoms with Crippen molar-refractivity contribution in [3.63, 3.8) is 0 Å². The van der Waals surface area contributed by atoms with Gasteiger partial charge in [0.15, 0.2) is 0 Å². The largest absolute Gasteiger partial charge is 0.423 e. The third-order valence-corrected chi connectivity index (χ3v) is 6.91. The van der Waals surface area contributed by atoms with Crippen LogP contribution in [0.3, 0.4) is 0 Å². The summed E-state index contributed by atoms with van der Waals surface area (Å²) in [5, 5.41) is 18.1. The molecule has 1 saturated carbocycles. The molecule has 2 aromatic heterocycles. The average molecular weight is 481 g/mol. The van der Waals surface area contributed by atoms with Gasteiger partial charge in [0.2, 0.25) is 0 Å². The fraction of sp³-hybridized carbons (Fsp3) is 0.522. The van der Waals surface area contributed by atoms with Gasteiger partial charge in [0.1, 0.15) is 24.0 Å². The monoisotopic (exact) mass is 480 g/mol. The fourth-order valence-corrected chi connectivity index (χ4v) is 5.12. The van der Waals surface area contributed by atoms with E-state index in [4.69, 9.17) is 14.2 Å². The number of fused-ring (bicyclic) bond motifs is 1. The molecule has 0 spiro atoms. The summed E-state index contributed by atoms with van der Waals surface area (Å²) in [5.41, 5.74) is 0.965. The summed E-state index contributed by atoms with van der Waals surface area (Å²) in [7, 11) is 0. The summed E-state index contributed by atoms with van der Waals surface area (Å²) in [6, 6.07) is 7.39. The number of hydrogen-bond acceptors (Lipinski definition) is 8. The Morgan fingerprint density at radius 3 is 2.66 bits per heavy atom. The zero-order valence-corrected chi connectivity index (χ0v) is 19.2. The summed E-state index contributed by atoms with van der Waals surface area (Å²) in [6.07, 6.45) is 10.4. The van der Waals surface area contributed by atoms with Gasteiger partial charge in [-0.05, 0) is 47.5 Å². The topological polar surface area (TPSA) is 130 Å². The van der Waals surface area contributed by atoms with Gasteiger partial charge in [-0.3, -0.25) is 0 Å². The third-order valence-electron chi connectivity index (χ3n) is 6.91. The molecule has 35 heavy (non-hydrogen) atoms. The van der Waals surface area contributed by atoms with E-state index in [0.717, 1.165) is 31.4 Å². The van der Waals surface area contributed by atoms with Crippen LogP contribution in [0.2, 0.25) is 0 Å². The first-order valence-electron chi connectivity index (χ1n) is 12.1. The summed E-state index contributed by atoms with van der Waals surface area (Å²) in [5.74, 6) is 0.603. The first-order valence-corrected chi connectivity index (χ1v) is 12.1. The van der Waals surface area contributed by atoms with E-state index in [0.29, 0.717) is 19.0 Å². The van der Waals surface area contributed by atoms with Crippen LogP contribution in [0.5, 0.6) is 11.8 Å². The number of imidazole rings is 1. The first-order chi connectivity index (χ1) is 17.2. The number of tetrazole rings is 1. The molecule has 2 N–H and O–H groups in total. The Labute approximate surface area is 201 Å². The number of amides is 2. The van der Waals surface area contributed by atoms with E-state index in [2.05, 4.69) is 31.1 Å². The molecule has 3 aromatic rings. The van der Waals surface area contributed by atoms with Crippen molar-refractivity contribution in [1.82, 2.24) is 40.4 Å². The molecule has 4 atom stereocenters. The maximum absolute atomic E-state index is 12.5. The van der Waals surface area contributed by atoms with Crippen molar-refractivity contribution in [3.05, 3.63) is 43.0 Å². The number of benzene rings is 1. The average Bonchev–Trinajstić information content (AvgIpc) is 3.67. The minimum atomic E-state index is -0.288. The van der Waals surface area contributed by atoms with E-state index in [-0.39, 0.29) is 42.4 Å². The summed E-state index contributed by atoms with van der Waals surface area (Å²) in [4.78, 5) is 16.6. The Hall–Kier alpha value is -3.51. The zero-order chi connectivity index (χ0) is 23.6. The standard InChI is InChI=1S/C23H28N8O4/c32-22(25-15-4-2-1-3-5-15)26-18-12-33-21-19(13-34-20(18)21)31-23(27-28-29-31)35-17-8-6-16(7-9-17)30-11-10-24-14-30/h6-11,14-15,18-21H,1-5,12-13H2,(H2,25,26,32)/t18-,19-,20+,21+/m0/s1. The van der Waals surface area contributed by atoms with Gasteiger partial charge in [-0.25, -0.2) is 9.78 Å². The summed E-state index contributed by atoms with van der Waals surface area (Å²) < 4.78 is 21.5. The van der Waals surface area contributed by atoms with E-state index in [1.807, 2.05) is 35.0 Å². The molecule has 2 saturated heterocycles. The zero-order valence-electron chi connectivity index (χ0n) is 19.2. The van der Waals surface area contributed by atoms with Gasteiger partial charge in [0.25, 0.3) is 0 Å². The van der Waals surface area contributed by atoms with Gasteiger partial charge in [-0.2, -0.15) is 4.68 Å². The molecular weight excluding hydrogens is 452 g/mol. The van der Waals surface area contributed by atoms with Gasteiger partial charge < -0.3 is 29.4 Å². The Morgan fingerprint density at radius 2 is 1.86 bits per heavy atom. The van der Waals surface area contributed by atoms with Crippen LogP contribution in [0.15, 0.2) is 43.0 Å². The molecule has 12 heteroatoms. The van der Waals surface area contributed by atoms with Crippen molar-refractivity contribution < 1.29 is 19.0 Å². The number of aromatic nitrogens is 6. The number of ether oxygens (including phenoxy) is 3. The molecule has 0 radical (unpaired) electrons. The molecule has 4 heterocycles. The van der Waals surface area contributed by atoms with Gasteiger partial charge in [-0.1, -0.05) is 24.4 Å². The van der Waals surface area contributed by atoms with E-state index in [1.54, 1.807) is 17.2 Å². The molecule has 0 unspecified atom stereocenters. The molecule has 1 aliphatic carbocycles. The molecule has 6 rings (SSSR count). The number of urea groups is 1. The van der Waals surface area contributed by atoms with Crippen molar-refractivity contribution in [2.24, 2.45) is 0 Å². The minimum absolute atomic E-state index is 0.163. The van der Waals surface area contributed by atoms with Gasteiger partial charge in [0.05, 0.1) is 25.6 Å². The highest BCUT2D eigenvalue weighted by molar-refractivity contribution is 5.74. The molecular formula is C23H28N8O4. The highest BCUT2D eigenvalue weighted by Crippen LogP contribution is 2.36. The van der Waals surface area contributed by atoms with Crippen LogP contribution < -0.4 is 15.4 Å². The predicted molar refractivity (Wildman–Crippen MR) is 122 cm³/mol. The lowest BCUT2D eigenvalue weighted by Gasteiger charge is -2.24. The number of rotatable bonds is 6. The fourth-order valence-electron chi connectivity index (χ4n) is 5.12. The Bertz CT molecular complexity index is 1130. The summed E-state index contributed by atoms with van der Waals surface area (Å²) >= 11 is 0. The van der Waals surface area contributed by atoms with Crippen LogP contribution in [-0.2, 0) is 9.47 Å². The SMILES string of the molecule is O=C(NC1CCCCC1)N[C@H]1CO[C@H]2[C@@H]1OC[C@@H]2n1nnnc1Oc1ccc(-n2ccnc2)cc1. The van der Waals surface area contributed by atoms with Gasteiger partial charge in [0, 0.05) is 24.1 Å². The van der Waals surface area contributed by atoms with Crippen molar-refractivity contribution >= 4 is 6.03 Å². The lowest BCUT2D eigenvalue weighted by Crippen LogP contribution is -2.50. The molecule has 3 aliphatic rings. The highest BCUT2D eigenvalue weighted by Gasteiger charge is 2.50. The Balaban J connectivity index is 1.08.